The summed E-state index contributed by atoms with van der Waals surface area (Å²) in [5.74, 6) is -0.712. The Labute approximate surface area is 166 Å². The van der Waals surface area contributed by atoms with E-state index >= 15 is 0 Å². The number of nitrogens with one attached hydrogen (secondary N) is 1. The van der Waals surface area contributed by atoms with Crippen LogP contribution in [0, 0.1) is 5.82 Å². The number of carbonyl (C=O) groups is 1. The predicted octanol–water partition coefficient (Wildman–Crippen LogP) is 4.66. The van der Waals surface area contributed by atoms with Gasteiger partial charge in [-0.15, -0.1) is 0 Å². The van der Waals surface area contributed by atoms with Gasteiger partial charge in [-0.2, -0.15) is 13.2 Å². The van der Waals surface area contributed by atoms with Crippen molar-refractivity contribution in [1.82, 2.24) is 5.32 Å². The number of halogens is 4. The molecule has 0 aromatic heterocycles. The zero-order chi connectivity index (χ0) is 20.6. The first-order valence-corrected chi connectivity index (χ1v) is 9.79. The van der Waals surface area contributed by atoms with Gasteiger partial charge in [-0.05, 0) is 54.5 Å². The Hall–Kier alpha value is -2.57. The van der Waals surface area contributed by atoms with Gasteiger partial charge in [0.15, 0.2) is 0 Å². The maximum atomic E-state index is 13.5. The van der Waals surface area contributed by atoms with E-state index in [2.05, 4.69) is 17.4 Å². The Morgan fingerprint density at radius 3 is 2.45 bits per heavy atom. The van der Waals surface area contributed by atoms with Crippen LogP contribution in [0.25, 0.3) is 0 Å². The van der Waals surface area contributed by atoms with Crippen molar-refractivity contribution in [3.8, 4) is 0 Å². The number of amides is 1. The van der Waals surface area contributed by atoms with Crippen LogP contribution in [0.1, 0.15) is 41.9 Å². The van der Waals surface area contributed by atoms with Crippen LogP contribution in [-0.4, -0.2) is 25.0 Å². The van der Waals surface area contributed by atoms with Gasteiger partial charge in [-0.3, -0.25) is 4.79 Å². The molecular weight excluding hydrogens is 384 g/mol. The van der Waals surface area contributed by atoms with Crippen molar-refractivity contribution in [2.45, 2.75) is 43.8 Å². The molecule has 0 bridgehead atoms. The highest BCUT2D eigenvalue weighted by Gasteiger charge is 2.35. The van der Waals surface area contributed by atoms with Gasteiger partial charge in [0.2, 0.25) is 5.91 Å². The van der Waals surface area contributed by atoms with Crippen LogP contribution in [0.3, 0.4) is 0 Å². The largest absolute Gasteiger partial charge is 0.419 e. The smallest absolute Gasteiger partial charge is 0.369 e. The number of benzene rings is 2. The van der Waals surface area contributed by atoms with E-state index in [1.54, 1.807) is 4.90 Å². The molecule has 1 N–H and O–H groups in total. The Balaban J connectivity index is 1.33. The van der Waals surface area contributed by atoms with Gasteiger partial charge in [0.25, 0.3) is 0 Å². The molecule has 2 aromatic rings. The Morgan fingerprint density at radius 1 is 1.07 bits per heavy atom. The third-order valence-corrected chi connectivity index (χ3v) is 5.57. The molecule has 1 amide bonds. The molecule has 0 radical (unpaired) electrons. The molecule has 29 heavy (non-hydrogen) atoms. The lowest BCUT2D eigenvalue weighted by molar-refractivity contribution is -0.140. The molecule has 1 atom stereocenters. The summed E-state index contributed by atoms with van der Waals surface area (Å²) < 4.78 is 52.3. The first-order chi connectivity index (χ1) is 13.8. The van der Waals surface area contributed by atoms with Crippen molar-refractivity contribution >= 4 is 11.6 Å². The quantitative estimate of drug-likeness (QED) is 0.733. The lowest BCUT2D eigenvalue weighted by Crippen LogP contribution is -2.38. The minimum atomic E-state index is -4.73. The topological polar surface area (TPSA) is 32.3 Å². The van der Waals surface area contributed by atoms with Crippen LogP contribution < -0.4 is 10.2 Å². The number of hydrogen-bond donors (Lipinski definition) is 1. The van der Waals surface area contributed by atoms with Crippen LogP contribution in [0.2, 0.25) is 0 Å². The third kappa shape index (κ3) is 4.71. The highest BCUT2D eigenvalue weighted by atomic mass is 19.4. The lowest BCUT2D eigenvalue weighted by atomic mass is 10.1. The van der Waals surface area contributed by atoms with Gasteiger partial charge in [0.05, 0.1) is 12.0 Å². The average Bonchev–Trinajstić information content (AvgIpc) is 3.41. The Morgan fingerprint density at radius 2 is 1.79 bits per heavy atom. The van der Waals surface area contributed by atoms with Crippen LogP contribution >= 0.6 is 0 Å². The fraction of sp³-hybridized carbons (Fsp3) is 0.409. The molecule has 1 saturated heterocycles. The van der Waals surface area contributed by atoms with E-state index in [-0.39, 0.29) is 18.4 Å². The Kier molecular flexibility index (Phi) is 5.23. The maximum absolute atomic E-state index is 13.5. The molecule has 4 rings (SSSR count). The van der Waals surface area contributed by atoms with Crippen molar-refractivity contribution in [1.29, 1.82) is 0 Å². The van der Waals surface area contributed by atoms with E-state index < -0.39 is 17.6 Å². The standard InChI is InChI=1S/C22H22F4N2O/c23-20-8-7-18(12-19(20)22(24,25)26)28-10-9-17(13-28)27-21(29)11-14-1-3-15(4-2-14)16-5-6-16/h1-4,7-8,12,16-17H,5-6,9-11,13H2,(H,27,29)/t17-/m1/s1. The molecule has 0 spiro atoms. The second-order valence-electron chi connectivity index (χ2n) is 7.85. The molecule has 2 aromatic carbocycles. The predicted molar refractivity (Wildman–Crippen MR) is 102 cm³/mol. The third-order valence-electron chi connectivity index (χ3n) is 5.57. The second-order valence-corrected chi connectivity index (χ2v) is 7.85. The van der Waals surface area contributed by atoms with E-state index in [1.807, 2.05) is 12.1 Å². The molecule has 3 nitrogen and oxygen atoms in total. The van der Waals surface area contributed by atoms with Crippen molar-refractivity contribution < 1.29 is 22.4 Å². The highest BCUT2D eigenvalue weighted by molar-refractivity contribution is 5.79. The fourth-order valence-electron chi connectivity index (χ4n) is 3.83. The minimum absolute atomic E-state index is 0.105. The van der Waals surface area contributed by atoms with Gasteiger partial charge >= 0.3 is 6.18 Å². The van der Waals surface area contributed by atoms with E-state index in [9.17, 15) is 22.4 Å². The number of alkyl halides is 3. The van der Waals surface area contributed by atoms with Crippen molar-refractivity contribution in [2.24, 2.45) is 0 Å². The SMILES string of the molecule is O=C(Cc1ccc(C2CC2)cc1)N[C@@H]1CCN(c2ccc(F)c(C(F)(F)F)c2)C1. The molecule has 1 aliphatic carbocycles. The zero-order valence-electron chi connectivity index (χ0n) is 15.8. The van der Waals surface area contributed by atoms with Gasteiger partial charge in [-0.25, -0.2) is 4.39 Å². The summed E-state index contributed by atoms with van der Waals surface area (Å²) in [5.41, 5.74) is 1.30. The molecule has 1 saturated carbocycles. The number of nitrogens with zero attached hydrogens (tertiary/aromatic N) is 1. The van der Waals surface area contributed by atoms with Crippen LogP contribution in [-0.2, 0) is 17.4 Å². The van der Waals surface area contributed by atoms with Crippen LogP contribution in [0.15, 0.2) is 42.5 Å². The van der Waals surface area contributed by atoms with E-state index in [4.69, 9.17) is 0 Å². The first kappa shape index (κ1) is 19.7. The molecule has 2 fully saturated rings. The summed E-state index contributed by atoms with van der Waals surface area (Å²) >= 11 is 0. The van der Waals surface area contributed by atoms with Crippen molar-refractivity contribution in [3.63, 3.8) is 0 Å². The molecular formula is C22H22F4N2O. The molecule has 2 aliphatic rings. The maximum Gasteiger partial charge on any atom is 0.419 e. The Bertz CT molecular complexity index is 891. The van der Waals surface area contributed by atoms with Crippen LogP contribution in [0.4, 0.5) is 23.2 Å². The van der Waals surface area contributed by atoms with Crippen molar-refractivity contribution in [2.75, 3.05) is 18.0 Å². The fourth-order valence-corrected chi connectivity index (χ4v) is 3.83. The average molecular weight is 406 g/mol. The van der Waals surface area contributed by atoms with Crippen molar-refractivity contribution in [3.05, 3.63) is 65.0 Å². The number of anilines is 1. The monoisotopic (exact) mass is 406 g/mol. The lowest BCUT2D eigenvalue weighted by Gasteiger charge is -2.20. The number of rotatable bonds is 5. The number of hydrogen-bond acceptors (Lipinski definition) is 2. The first-order valence-electron chi connectivity index (χ1n) is 9.79. The summed E-state index contributed by atoms with van der Waals surface area (Å²) in [5, 5.41) is 2.96. The molecule has 0 unspecified atom stereocenters. The summed E-state index contributed by atoms with van der Waals surface area (Å²) in [6.45, 7) is 0.902. The molecule has 1 aliphatic heterocycles. The van der Waals surface area contributed by atoms with E-state index in [1.165, 1.54) is 24.5 Å². The van der Waals surface area contributed by atoms with Crippen LogP contribution in [0.5, 0.6) is 0 Å². The molecule has 154 valence electrons. The molecule has 7 heteroatoms. The zero-order valence-corrected chi connectivity index (χ0v) is 15.8. The van der Waals surface area contributed by atoms with E-state index in [0.29, 0.717) is 31.1 Å². The van der Waals surface area contributed by atoms with E-state index in [0.717, 1.165) is 17.7 Å². The summed E-state index contributed by atoms with van der Waals surface area (Å²) in [4.78, 5) is 14.1. The summed E-state index contributed by atoms with van der Waals surface area (Å²) in [6, 6.07) is 11.0. The summed E-state index contributed by atoms with van der Waals surface area (Å²) in [7, 11) is 0. The second kappa shape index (κ2) is 7.69. The normalized spacial score (nSPS) is 19.4. The number of carbonyl (C=O) groups excluding carboxylic acids is 1. The highest BCUT2D eigenvalue weighted by Crippen LogP contribution is 2.40. The van der Waals surface area contributed by atoms with Gasteiger partial charge < -0.3 is 10.2 Å². The molecule has 1 heterocycles. The minimum Gasteiger partial charge on any atom is -0.369 e. The summed E-state index contributed by atoms with van der Waals surface area (Å²) in [6.07, 6.45) is -1.36. The van der Waals surface area contributed by atoms with Gasteiger partial charge in [0, 0.05) is 24.8 Å². The van der Waals surface area contributed by atoms with Gasteiger partial charge in [-0.1, -0.05) is 24.3 Å². The van der Waals surface area contributed by atoms with Gasteiger partial charge in [0.1, 0.15) is 5.82 Å².